The first-order chi connectivity index (χ1) is 26.3. The molecule has 2 heterocycles. The molecule has 254 valence electrons. The summed E-state index contributed by atoms with van der Waals surface area (Å²) in [5.74, 6) is 0. The van der Waals surface area contributed by atoms with Crippen molar-refractivity contribution >= 4 is 43.6 Å². The van der Waals surface area contributed by atoms with Gasteiger partial charge in [-0.2, -0.15) is 10.5 Å². The van der Waals surface area contributed by atoms with Gasteiger partial charge in [-0.05, 0) is 68.8 Å². The molecule has 2 aromatic heterocycles. The first-order valence-electron chi connectivity index (χ1n) is 18.6. The predicted octanol–water partition coefficient (Wildman–Crippen LogP) is 12.2. The van der Waals surface area contributed by atoms with Crippen LogP contribution < -0.4 is 0 Å². The van der Waals surface area contributed by atoms with Crippen LogP contribution in [0, 0.1) is 22.7 Å². The van der Waals surface area contributed by atoms with E-state index < -0.39 is 0 Å². The number of hydrogen-bond donors (Lipinski definition) is 0. The Bertz CT molecular complexity index is 3240. The lowest BCUT2D eigenvalue weighted by atomic mass is 9.81. The molecule has 0 aliphatic heterocycles. The van der Waals surface area contributed by atoms with Crippen LogP contribution in [0.1, 0.15) is 61.1 Å². The summed E-state index contributed by atoms with van der Waals surface area (Å²) < 4.78 is 4.62. The van der Waals surface area contributed by atoms with Crippen molar-refractivity contribution in [3.63, 3.8) is 0 Å². The molecule has 4 nitrogen and oxygen atoms in total. The number of para-hydroxylation sites is 2. The fourth-order valence-corrected chi connectivity index (χ4v) is 10.3. The van der Waals surface area contributed by atoms with Gasteiger partial charge < -0.3 is 9.13 Å². The summed E-state index contributed by atoms with van der Waals surface area (Å²) in [4.78, 5) is 0. The normalized spacial score (nSPS) is 14.6. The second-order valence-electron chi connectivity index (χ2n) is 15.9. The Balaban J connectivity index is 1.30. The zero-order valence-corrected chi connectivity index (χ0v) is 30.5. The highest BCUT2D eigenvalue weighted by Crippen LogP contribution is 2.55. The van der Waals surface area contributed by atoms with Crippen LogP contribution in [0.15, 0.2) is 133 Å². The first-order valence-corrected chi connectivity index (χ1v) is 18.6. The maximum atomic E-state index is 11.0. The van der Waals surface area contributed by atoms with E-state index in [9.17, 15) is 10.5 Å². The van der Waals surface area contributed by atoms with E-state index in [1.807, 2.05) is 6.07 Å². The summed E-state index contributed by atoms with van der Waals surface area (Å²) in [5.41, 5.74) is 16.1. The number of aromatic nitrogens is 2. The van der Waals surface area contributed by atoms with E-state index in [0.717, 1.165) is 43.9 Å². The van der Waals surface area contributed by atoms with Crippen LogP contribution in [0.5, 0.6) is 0 Å². The number of nitrogens with zero attached hydrogens (tertiary/aromatic N) is 4. The Morgan fingerprint density at radius 2 is 0.944 bits per heavy atom. The van der Waals surface area contributed by atoms with Crippen LogP contribution in [0.3, 0.4) is 0 Å². The van der Waals surface area contributed by atoms with Gasteiger partial charge in [0, 0.05) is 38.1 Å². The van der Waals surface area contributed by atoms with Gasteiger partial charge >= 0.3 is 0 Å². The van der Waals surface area contributed by atoms with E-state index in [1.165, 1.54) is 49.9 Å². The molecule has 0 unspecified atom stereocenters. The second-order valence-corrected chi connectivity index (χ2v) is 15.9. The first kappa shape index (κ1) is 30.7. The van der Waals surface area contributed by atoms with Gasteiger partial charge in [0.1, 0.15) is 12.1 Å². The van der Waals surface area contributed by atoms with Crippen LogP contribution in [-0.2, 0) is 10.8 Å². The molecule has 0 radical (unpaired) electrons. The van der Waals surface area contributed by atoms with E-state index in [0.29, 0.717) is 16.8 Å². The Kier molecular flexibility index (Phi) is 5.90. The predicted molar refractivity (Wildman–Crippen MR) is 220 cm³/mol. The lowest BCUT2D eigenvalue weighted by Gasteiger charge is -2.25. The third-order valence-corrected chi connectivity index (χ3v) is 12.5. The topological polar surface area (TPSA) is 57.4 Å². The SMILES string of the molecule is CC1(C)c2ccccc2-c2ccc3c4ccccc4n(-c4cc(C#N)c(C#N)c(-n5c6ccccc6c6ccc7c(c65)C(C)(C)c5ccccc5-7)c4)c3c21. The minimum absolute atomic E-state index is 0.265. The van der Waals surface area contributed by atoms with Gasteiger partial charge in [-0.25, -0.2) is 0 Å². The molecule has 0 amide bonds. The average Bonchev–Trinajstić information content (AvgIpc) is 3.86. The lowest BCUT2D eigenvalue weighted by molar-refractivity contribution is 0.664. The summed E-state index contributed by atoms with van der Waals surface area (Å²) in [6.45, 7) is 9.25. The number of fused-ring (bicyclic) bond motifs is 14. The molecule has 2 aliphatic rings. The minimum Gasteiger partial charge on any atom is -0.309 e. The van der Waals surface area contributed by atoms with Crippen LogP contribution in [0.25, 0.3) is 77.2 Å². The highest BCUT2D eigenvalue weighted by Gasteiger charge is 2.40. The molecule has 0 saturated heterocycles. The summed E-state index contributed by atoms with van der Waals surface area (Å²) in [6.07, 6.45) is 0. The molecule has 4 heteroatoms. The molecule has 0 bridgehead atoms. The molecule has 0 saturated carbocycles. The third kappa shape index (κ3) is 3.65. The largest absolute Gasteiger partial charge is 0.309 e. The van der Waals surface area contributed by atoms with Crippen LogP contribution in [-0.4, -0.2) is 9.13 Å². The van der Waals surface area contributed by atoms with Crippen molar-refractivity contribution in [3.8, 4) is 45.8 Å². The molecule has 0 N–H and O–H groups in total. The summed E-state index contributed by atoms with van der Waals surface area (Å²) in [5, 5.41) is 26.4. The Morgan fingerprint density at radius 1 is 0.463 bits per heavy atom. The molecule has 0 spiro atoms. The molecule has 2 aliphatic carbocycles. The second kappa shape index (κ2) is 10.4. The van der Waals surface area contributed by atoms with Crippen LogP contribution in [0.4, 0.5) is 0 Å². The highest BCUT2D eigenvalue weighted by molar-refractivity contribution is 6.15. The molecule has 7 aromatic carbocycles. The van der Waals surface area contributed by atoms with Crippen molar-refractivity contribution in [1.29, 1.82) is 10.5 Å². The van der Waals surface area contributed by atoms with Crippen molar-refractivity contribution in [3.05, 3.63) is 167 Å². The molecule has 0 fully saturated rings. The van der Waals surface area contributed by atoms with Crippen molar-refractivity contribution in [2.24, 2.45) is 0 Å². The van der Waals surface area contributed by atoms with Crippen molar-refractivity contribution < 1.29 is 0 Å². The van der Waals surface area contributed by atoms with Gasteiger partial charge in [-0.3, -0.25) is 0 Å². The van der Waals surface area contributed by atoms with Gasteiger partial charge in [0.05, 0.1) is 38.9 Å². The number of rotatable bonds is 2. The summed E-state index contributed by atoms with van der Waals surface area (Å²) in [6, 6.07) is 52.5. The van der Waals surface area contributed by atoms with Crippen LogP contribution >= 0.6 is 0 Å². The fraction of sp³-hybridized carbons (Fsp3) is 0.120. The van der Waals surface area contributed by atoms with Crippen molar-refractivity contribution in [1.82, 2.24) is 9.13 Å². The fourth-order valence-electron chi connectivity index (χ4n) is 10.3. The number of hydrogen-bond acceptors (Lipinski definition) is 2. The Labute approximate surface area is 313 Å². The zero-order chi connectivity index (χ0) is 36.7. The van der Waals surface area contributed by atoms with Crippen molar-refractivity contribution in [2.45, 2.75) is 38.5 Å². The standard InChI is InChI=1S/C50H34N4/c1-49(2)40-17-9-5-13-31(40)35-21-23-37-33-15-7-11-19-42(33)53(47(37)45(35)49)30-25-29(27-51)39(28-52)44(26-30)54-43-20-12-8-16-34(43)38-24-22-36-32-14-6-10-18-41(32)50(3,4)46(36)48(38)54/h5-26H,1-4H3. The zero-order valence-electron chi connectivity index (χ0n) is 30.5. The van der Waals surface area contributed by atoms with E-state index in [-0.39, 0.29) is 10.8 Å². The van der Waals surface area contributed by atoms with Crippen LogP contribution in [0.2, 0.25) is 0 Å². The van der Waals surface area contributed by atoms with Gasteiger partial charge in [-0.15, -0.1) is 0 Å². The van der Waals surface area contributed by atoms with Gasteiger partial charge in [0.2, 0.25) is 0 Å². The minimum atomic E-state index is -0.298. The van der Waals surface area contributed by atoms with Gasteiger partial charge in [-0.1, -0.05) is 137 Å². The molecule has 9 aromatic rings. The maximum absolute atomic E-state index is 11.0. The molecule has 11 rings (SSSR count). The van der Waals surface area contributed by atoms with E-state index in [2.05, 4.69) is 176 Å². The summed E-state index contributed by atoms with van der Waals surface area (Å²) >= 11 is 0. The van der Waals surface area contributed by atoms with Gasteiger partial charge in [0.25, 0.3) is 0 Å². The smallest absolute Gasteiger partial charge is 0.103 e. The summed E-state index contributed by atoms with van der Waals surface area (Å²) in [7, 11) is 0. The van der Waals surface area contributed by atoms with E-state index >= 15 is 0 Å². The monoisotopic (exact) mass is 690 g/mol. The quantitative estimate of drug-likeness (QED) is 0.181. The average molecular weight is 691 g/mol. The molecule has 0 atom stereocenters. The Hall–Kier alpha value is -6.88. The highest BCUT2D eigenvalue weighted by atomic mass is 15.0. The Morgan fingerprint density at radius 3 is 1.48 bits per heavy atom. The third-order valence-electron chi connectivity index (χ3n) is 12.5. The van der Waals surface area contributed by atoms with E-state index in [4.69, 9.17) is 0 Å². The molecular formula is C50H34N4. The molecule has 54 heavy (non-hydrogen) atoms. The van der Waals surface area contributed by atoms with E-state index in [1.54, 1.807) is 0 Å². The van der Waals surface area contributed by atoms with Gasteiger partial charge in [0.15, 0.2) is 0 Å². The maximum Gasteiger partial charge on any atom is 0.103 e. The number of nitriles is 2. The number of benzene rings is 7. The van der Waals surface area contributed by atoms with Crippen molar-refractivity contribution in [2.75, 3.05) is 0 Å². The molecular weight excluding hydrogens is 657 g/mol. The lowest BCUT2D eigenvalue weighted by Crippen LogP contribution is -2.17.